The van der Waals surface area contributed by atoms with E-state index >= 15 is 0 Å². The fourth-order valence-electron chi connectivity index (χ4n) is 1.49. The molecular weight excluding hydrogens is 310 g/mol. The molecule has 19 heavy (non-hydrogen) atoms. The summed E-state index contributed by atoms with van der Waals surface area (Å²) in [5.74, 6) is -0.479. The molecule has 1 amide bonds. The van der Waals surface area contributed by atoms with Crippen LogP contribution in [-0.4, -0.2) is 10.9 Å². The molecule has 5 nitrogen and oxygen atoms in total. The lowest BCUT2D eigenvalue weighted by atomic mass is 10.2. The summed E-state index contributed by atoms with van der Waals surface area (Å²) in [6.07, 6.45) is 0. The number of nitrogens with one attached hydrogen (secondary N) is 2. The number of halogens is 1. The van der Waals surface area contributed by atoms with Crippen LogP contribution in [-0.2, 0) is 0 Å². The van der Waals surface area contributed by atoms with Crippen LogP contribution in [0.25, 0.3) is 0 Å². The Bertz CT molecular complexity index is 731. The third-order valence-corrected chi connectivity index (χ3v) is 2.86. The lowest BCUT2D eigenvalue weighted by molar-refractivity contribution is 0.102. The first-order chi connectivity index (χ1) is 9.10. The molecule has 1 aromatic carbocycles. The van der Waals surface area contributed by atoms with Crippen molar-refractivity contribution in [2.24, 2.45) is 0 Å². The second-order valence-electron chi connectivity index (χ2n) is 3.68. The minimum absolute atomic E-state index is 0.136. The Labute approximate surface area is 117 Å². The van der Waals surface area contributed by atoms with Gasteiger partial charge in [-0.15, -0.1) is 0 Å². The van der Waals surface area contributed by atoms with E-state index in [1.54, 1.807) is 18.2 Å². The van der Waals surface area contributed by atoms with Gasteiger partial charge in [0.05, 0.1) is 11.3 Å². The van der Waals surface area contributed by atoms with E-state index < -0.39 is 5.91 Å². The van der Waals surface area contributed by atoms with Gasteiger partial charge in [-0.25, -0.2) is 0 Å². The number of hydrogen-bond donors (Lipinski definition) is 2. The summed E-state index contributed by atoms with van der Waals surface area (Å²) in [5, 5.41) is 11.5. The first-order valence-electron chi connectivity index (χ1n) is 5.30. The van der Waals surface area contributed by atoms with Gasteiger partial charge in [-0.2, -0.15) is 5.26 Å². The number of rotatable bonds is 2. The molecule has 2 N–H and O–H groups in total. The molecule has 0 radical (unpaired) electrons. The van der Waals surface area contributed by atoms with Crippen molar-refractivity contribution >= 4 is 27.5 Å². The van der Waals surface area contributed by atoms with Crippen LogP contribution in [0.1, 0.15) is 16.1 Å². The Hall–Kier alpha value is -2.39. The van der Waals surface area contributed by atoms with Gasteiger partial charge >= 0.3 is 0 Å². The Morgan fingerprint density at radius 1 is 1.32 bits per heavy atom. The number of amides is 1. The number of hydrogen-bond acceptors (Lipinski definition) is 3. The minimum Gasteiger partial charge on any atom is -0.319 e. The number of H-pyrrole nitrogens is 1. The lowest BCUT2D eigenvalue weighted by Crippen LogP contribution is -2.18. The zero-order valence-electron chi connectivity index (χ0n) is 9.61. The average Bonchev–Trinajstić information content (AvgIpc) is 2.39. The van der Waals surface area contributed by atoms with Crippen molar-refractivity contribution in [1.82, 2.24) is 4.98 Å². The predicted molar refractivity (Wildman–Crippen MR) is 73.9 cm³/mol. The van der Waals surface area contributed by atoms with E-state index in [0.717, 1.165) is 4.47 Å². The highest BCUT2D eigenvalue weighted by molar-refractivity contribution is 9.10. The molecule has 0 aliphatic heterocycles. The summed E-state index contributed by atoms with van der Waals surface area (Å²) in [6, 6.07) is 11.2. The van der Waals surface area contributed by atoms with Crippen molar-refractivity contribution in [3.05, 3.63) is 62.5 Å². The molecule has 0 spiro atoms. The monoisotopic (exact) mass is 317 g/mol. The Morgan fingerprint density at radius 2 is 2.11 bits per heavy atom. The Morgan fingerprint density at radius 3 is 2.79 bits per heavy atom. The zero-order valence-corrected chi connectivity index (χ0v) is 11.2. The molecule has 0 fully saturated rings. The molecule has 0 bridgehead atoms. The van der Waals surface area contributed by atoms with E-state index in [-0.39, 0.29) is 11.3 Å². The second kappa shape index (κ2) is 5.50. The molecule has 94 valence electrons. The van der Waals surface area contributed by atoms with Crippen molar-refractivity contribution in [3.63, 3.8) is 0 Å². The number of aromatic nitrogens is 1. The fraction of sp³-hybridized carbons (Fsp3) is 0. The largest absolute Gasteiger partial charge is 0.319 e. The normalized spacial score (nSPS) is 9.68. The highest BCUT2D eigenvalue weighted by atomic mass is 79.9. The third kappa shape index (κ3) is 3.09. The van der Waals surface area contributed by atoms with Gasteiger partial charge in [0.1, 0.15) is 11.8 Å². The molecule has 0 aliphatic carbocycles. The SMILES string of the molecule is N#Cc1ccc(Br)cc1NC(=O)c1cccc(=O)[nH]1. The summed E-state index contributed by atoms with van der Waals surface area (Å²) in [4.78, 5) is 25.5. The van der Waals surface area contributed by atoms with Crippen molar-refractivity contribution in [2.75, 3.05) is 5.32 Å². The third-order valence-electron chi connectivity index (χ3n) is 2.36. The van der Waals surface area contributed by atoms with E-state index in [4.69, 9.17) is 5.26 Å². The van der Waals surface area contributed by atoms with Crippen LogP contribution >= 0.6 is 15.9 Å². The molecule has 0 atom stereocenters. The topological polar surface area (TPSA) is 85.8 Å². The minimum atomic E-state index is -0.479. The van der Waals surface area contributed by atoms with Crippen molar-refractivity contribution < 1.29 is 4.79 Å². The summed E-state index contributed by atoms with van der Waals surface area (Å²) in [5.41, 5.74) is 0.500. The number of benzene rings is 1. The van der Waals surface area contributed by atoms with Gasteiger partial charge in [0.15, 0.2) is 0 Å². The number of pyridine rings is 1. The molecule has 2 aromatic rings. The zero-order chi connectivity index (χ0) is 13.8. The summed E-state index contributed by atoms with van der Waals surface area (Å²) in [7, 11) is 0. The highest BCUT2D eigenvalue weighted by Gasteiger charge is 2.10. The van der Waals surface area contributed by atoms with Gasteiger partial charge in [-0.3, -0.25) is 9.59 Å². The molecule has 0 saturated heterocycles. The van der Waals surface area contributed by atoms with E-state index in [9.17, 15) is 9.59 Å². The molecular formula is C13H8BrN3O2. The smallest absolute Gasteiger partial charge is 0.272 e. The Kier molecular flexibility index (Phi) is 3.78. The summed E-state index contributed by atoms with van der Waals surface area (Å²) >= 11 is 3.26. The van der Waals surface area contributed by atoms with Gasteiger partial charge in [-0.1, -0.05) is 22.0 Å². The first-order valence-corrected chi connectivity index (χ1v) is 6.10. The van der Waals surface area contributed by atoms with Crippen LogP contribution in [0.3, 0.4) is 0 Å². The van der Waals surface area contributed by atoms with E-state index in [1.165, 1.54) is 18.2 Å². The molecule has 1 heterocycles. The van der Waals surface area contributed by atoms with Crippen molar-refractivity contribution in [3.8, 4) is 6.07 Å². The molecule has 0 unspecified atom stereocenters. The number of aromatic amines is 1. The molecule has 0 saturated carbocycles. The fourth-order valence-corrected chi connectivity index (χ4v) is 1.85. The van der Waals surface area contributed by atoms with Crippen LogP contribution in [0.4, 0.5) is 5.69 Å². The van der Waals surface area contributed by atoms with Crippen LogP contribution < -0.4 is 10.9 Å². The predicted octanol–water partition coefficient (Wildman–Crippen LogP) is 2.26. The van der Waals surface area contributed by atoms with E-state index in [0.29, 0.717) is 11.3 Å². The Balaban J connectivity index is 2.32. The van der Waals surface area contributed by atoms with Crippen LogP contribution in [0.2, 0.25) is 0 Å². The van der Waals surface area contributed by atoms with Gasteiger partial charge in [0.2, 0.25) is 5.56 Å². The summed E-state index contributed by atoms with van der Waals surface area (Å²) < 4.78 is 0.739. The second-order valence-corrected chi connectivity index (χ2v) is 4.60. The maximum Gasteiger partial charge on any atom is 0.272 e. The van der Waals surface area contributed by atoms with Crippen LogP contribution in [0.15, 0.2) is 45.7 Å². The molecule has 1 aromatic heterocycles. The maximum atomic E-state index is 11.9. The number of anilines is 1. The van der Waals surface area contributed by atoms with E-state index in [2.05, 4.69) is 26.2 Å². The van der Waals surface area contributed by atoms with Gasteiger partial charge in [0.25, 0.3) is 5.91 Å². The quantitative estimate of drug-likeness (QED) is 0.890. The van der Waals surface area contributed by atoms with E-state index in [1.807, 2.05) is 6.07 Å². The number of carbonyl (C=O) groups excluding carboxylic acids is 1. The molecule has 6 heteroatoms. The lowest BCUT2D eigenvalue weighted by Gasteiger charge is -2.07. The number of nitrogens with zero attached hydrogens (tertiary/aromatic N) is 1. The van der Waals surface area contributed by atoms with Gasteiger partial charge in [0, 0.05) is 10.5 Å². The van der Waals surface area contributed by atoms with Gasteiger partial charge in [-0.05, 0) is 24.3 Å². The maximum absolute atomic E-state index is 11.9. The van der Waals surface area contributed by atoms with Gasteiger partial charge < -0.3 is 10.3 Å². The highest BCUT2D eigenvalue weighted by Crippen LogP contribution is 2.21. The average molecular weight is 318 g/mol. The first kappa shape index (κ1) is 13.1. The van der Waals surface area contributed by atoms with Crippen molar-refractivity contribution in [1.29, 1.82) is 5.26 Å². The summed E-state index contributed by atoms with van der Waals surface area (Å²) in [6.45, 7) is 0. The standard InChI is InChI=1S/C13H8BrN3O2/c14-9-5-4-8(7-15)11(6-9)17-13(19)10-2-1-3-12(18)16-10/h1-6H,(H,16,18)(H,17,19). The molecule has 0 aliphatic rings. The number of nitriles is 1. The van der Waals surface area contributed by atoms with Crippen LogP contribution in [0, 0.1) is 11.3 Å². The van der Waals surface area contributed by atoms with Crippen LogP contribution in [0.5, 0.6) is 0 Å². The van der Waals surface area contributed by atoms with Crippen molar-refractivity contribution in [2.45, 2.75) is 0 Å². The number of carbonyl (C=O) groups is 1. The molecule has 2 rings (SSSR count).